The lowest BCUT2D eigenvalue weighted by Gasteiger charge is -2.44. The highest BCUT2D eigenvalue weighted by Gasteiger charge is 2.51. The third-order valence-electron chi connectivity index (χ3n) is 6.94. The van der Waals surface area contributed by atoms with Crippen LogP contribution in [-0.4, -0.2) is 37.3 Å². The minimum Gasteiger partial charge on any atom is -0.481 e. The average molecular weight is 441 g/mol. The summed E-state index contributed by atoms with van der Waals surface area (Å²) in [6.45, 7) is 4.20. The molecule has 0 aromatic heterocycles. The molecule has 6 heteroatoms. The highest BCUT2D eigenvalue weighted by molar-refractivity contribution is 6.98. The van der Waals surface area contributed by atoms with Gasteiger partial charge in [-0.1, -0.05) is 74.5 Å². The molecular weight excluding hydrogens is 408 g/mol. The molecule has 0 heterocycles. The monoisotopic (exact) mass is 440 g/mol. The number of carboxylic acids is 1. The Morgan fingerprint density at radius 2 is 1.48 bits per heavy atom. The van der Waals surface area contributed by atoms with Gasteiger partial charge in [-0.2, -0.15) is 0 Å². The quantitative estimate of drug-likeness (QED) is 0.510. The molecule has 0 radical (unpaired) electrons. The Morgan fingerprint density at radius 3 is 1.94 bits per heavy atom. The number of hydrogen-bond acceptors (Lipinski definition) is 4. The maximum Gasteiger partial charge on any atom is 0.309 e. The molecule has 0 spiro atoms. The summed E-state index contributed by atoms with van der Waals surface area (Å²) in [5, 5.41) is 11.2. The van der Waals surface area contributed by atoms with Crippen molar-refractivity contribution < 1.29 is 24.2 Å². The molecule has 0 amide bonds. The molecular formula is C25H32O5Si. The van der Waals surface area contributed by atoms with Gasteiger partial charge in [0.2, 0.25) is 0 Å². The van der Waals surface area contributed by atoms with Crippen molar-refractivity contribution >= 4 is 30.6 Å². The van der Waals surface area contributed by atoms with Crippen molar-refractivity contribution in [3.63, 3.8) is 0 Å². The van der Waals surface area contributed by atoms with E-state index in [4.69, 9.17) is 4.74 Å². The van der Waals surface area contributed by atoms with Gasteiger partial charge >= 0.3 is 11.9 Å². The fraction of sp³-hybridized carbons (Fsp3) is 0.440. The Balaban J connectivity index is 1.91. The van der Waals surface area contributed by atoms with Gasteiger partial charge in [-0.15, -0.1) is 0 Å². The summed E-state index contributed by atoms with van der Waals surface area (Å²) in [6.07, 6.45) is 2.37. The Labute approximate surface area is 185 Å². The number of methoxy groups -OCH3 is 1. The first-order chi connectivity index (χ1) is 14.7. The molecule has 1 fully saturated rings. The van der Waals surface area contributed by atoms with Gasteiger partial charge in [-0.05, 0) is 47.0 Å². The minimum absolute atomic E-state index is 0.114. The van der Waals surface area contributed by atoms with Crippen LogP contribution in [0.5, 0.6) is 0 Å². The normalized spacial score (nSPS) is 22.0. The van der Waals surface area contributed by atoms with Crippen molar-refractivity contribution in [3.05, 3.63) is 60.7 Å². The summed E-state index contributed by atoms with van der Waals surface area (Å²) in [5.41, 5.74) is 0. The van der Waals surface area contributed by atoms with E-state index in [9.17, 15) is 19.5 Å². The van der Waals surface area contributed by atoms with Crippen molar-refractivity contribution in [2.75, 3.05) is 7.11 Å². The van der Waals surface area contributed by atoms with Crippen molar-refractivity contribution in [1.29, 1.82) is 0 Å². The Kier molecular flexibility index (Phi) is 7.02. The molecule has 2 aromatic carbocycles. The third kappa shape index (κ3) is 4.60. The standard InChI is InChI=1S/C25H32O5Si/c1-25(2,17-18-14-15-21(24(28)30-3)22(16-18)23(26)27)31(29,19-10-6-4-7-11-19)20-12-8-5-9-13-20/h4-13,18,21-22,29H,14-17H2,1-3H3,(H,26,27)/t18-,21-,22-/m1/s1. The first-order valence-electron chi connectivity index (χ1n) is 10.8. The van der Waals surface area contributed by atoms with Gasteiger partial charge in [-0.25, -0.2) is 0 Å². The van der Waals surface area contributed by atoms with E-state index in [0.29, 0.717) is 19.3 Å². The highest BCUT2D eigenvalue weighted by Crippen LogP contribution is 2.47. The third-order valence-corrected chi connectivity index (χ3v) is 11.4. The molecule has 166 valence electrons. The Hall–Kier alpha value is -2.44. The van der Waals surface area contributed by atoms with Crippen LogP contribution in [0.25, 0.3) is 0 Å². The van der Waals surface area contributed by atoms with Gasteiger partial charge in [0.15, 0.2) is 0 Å². The average Bonchev–Trinajstić information content (AvgIpc) is 2.78. The number of aliphatic carboxylic acids is 1. The predicted molar refractivity (Wildman–Crippen MR) is 123 cm³/mol. The van der Waals surface area contributed by atoms with Crippen LogP contribution in [0.2, 0.25) is 5.04 Å². The number of esters is 1. The van der Waals surface area contributed by atoms with Gasteiger partial charge in [0.1, 0.15) is 0 Å². The van der Waals surface area contributed by atoms with Crippen molar-refractivity contribution in [1.82, 2.24) is 0 Å². The van der Waals surface area contributed by atoms with E-state index in [1.54, 1.807) is 0 Å². The van der Waals surface area contributed by atoms with Crippen LogP contribution in [0.15, 0.2) is 60.7 Å². The van der Waals surface area contributed by atoms with Crippen LogP contribution in [0.1, 0.15) is 39.5 Å². The number of carboxylic acid groups (broad SMARTS) is 1. The van der Waals surface area contributed by atoms with E-state index in [0.717, 1.165) is 16.8 Å². The zero-order valence-corrected chi connectivity index (χ0v) is 19.5. The van der Waals surface area contributed by atoms with Crippen LogP contribution < -0.4 is 10.4 Å². The summed E-state index contributed by atoms with van der Waals surface area (Å²) in [4.78, 5) is 36.3. The fourth-order valence-electron chi connectivity index (χ4n) is 5.33. The number of carbonyl (C=O) groups excluding carboxylic acids is 1. The summed E-state index contributed by atoms with van der Waals surface area (Å²) >= 11 is 0. The molecule has 31 heavy (non-hydrogen) atoms. The smallest absolute Gasteiger partial charge is 0.309 e. The maximum atomic E-state index is 12.3. The van der Waals surface area contributed by atoms with Crippen molar-refractivity contribution in [3.8, 4) is 0 Å². The first kappa shape index (κ1) is 23.2. The van der Waals surface area contributed by atoms with E-state index in [2.05, 4.69) is 13.8 Å². The molecule has 0 saturated heterocycles. The van der Waals surface area contributed by atoms with Crippen LogP contribution in [0.3, 0.4) is 0 Å². The van der Waals surface area contributed by atoms with Gasteiger partial charge in [0.25, 0.3) is 8.32 Å². The largest absolute Gasteiger partial charge is 0.481 e. The van der Waals surface area contributed by atoms with Gasteiger partial charge in [-0.3, -0.25) is 9.59 Å². The lowest BCUT2D eigenvalue weighted by atomic mass is 9.71. The summed E-state index contributed by atoms with van der Waals surface area (Å²) in [7, 11) is -1.84. The second-order valence-electron chi connectivity index (χ2n) is 9.28. The van der Waals surface area contributed by atoms with E-state index in [1.807, 2.05) is 60.7 Å². The summed E-state index contributed by atoms with van der Waals surface area (Å²) in [6, 6.07) is 19.7. The minimum atomic E-state index is -3.15. The second kappa shape index (κ2) is 9.36. The summed E-state index contributed by atoms with van der Waals surface area (Å²) in [5.74, 6) is -2.61. The van der Waals surface area contributed by atoms with E-state index >= 15 is 0 Å². The van der Waals surface area contributed by atoms with E-state index in [-0.39, 0.29) is 5.92 Å². The van der Waals surface area contributed by atoms with Crippen LogP contribution in [0, 0.1) is 17.8 Å². The maximum absolute atomic E-state index is 12.3. The summed E-state index contributed by atoms with van der Waals surface area (Å²) < 4.78 is 4.84. The SMILES string of the molecule is COC(=O)[C@@H]1CC[C@@H](CC(C)(C)[Si](O)(c2ccccc2)c2ccccc2)C[C@H]1C(=O)O. The molecule has 3 rings (SSSR count). The number of ether oxygens (including phenoxy) is 1. The Morgan fingerprint density at radius 1 is 0.968 bits per heavy atom. The number of hydrogen-bond donors (Lipinski definition) is 2. The second-order valence-corrected chi connectivity index (χ2v) is 13.2. The lowest BCUT2D eigenvalue weighted by molar-refractivity contribution is -0.158. The molecule has 1 saturated carbocycles. The number of rotatable bonds is 7. The van der Waals surface area contributed by atoms with Crippen molar-refractivity contribution in [2.24, 2.45) is 17.8 Å². The molecule has 0 bridgehead atoms. The molecule has 3 atom stereocenters. The molecule has 0 aliphatic heterocycles. The zero-order chi connectivity index (χ0) is 22.6. The van der Waals surface area contributed by atoms with E-state index < -0.39 is 37.1 Å². The molecule has 0 unspecified atom stereocenters. The highest BCUT2D eigenvalue weighted by atomic mass is 28.4. The van der Waals surface area contributed by atoms with Gasteiger partial charge in [0.05, 0.1) is 18.9 Å². The molecule has 1 aliphatic carbocycles. The zero-order valence-electron chi connectivity index (χ0n) is 18.5. The van der Waals surface area contributed by atoms with Crippen LogP contribution in [-0.2, 0) is 14.3 Å². The predicted octanol–water partition coefficient (Wildman–Crippen LogP) is 3.20. The molecule has 5 nitrogen and oxygen atoms in total. The molecule has 2 N–H and O–H groups in total. The van der Waals surface area contributed by atoms with Crippen molar-refractivity contribution in [2.45, 2.75) is 44.6 Å². The van der Waals surface area contributed by atoms with Gasteiger partial charge in [0, 0.05) is 0 Å². The van der Waals surface area contributed by atoms with Crippen LogP contribution >= 0.6 is 0 Å². The first-order valence-corrected chi connectivity index (χ1v) is 12.8. The van der Waals surface area contributed by atoms with Gasteiger partial charge < -0.3 is 14.6 Å². The molecule has 2 aromatic rings. The van der Waals surface area contributed by atoms with Crippen LogP contribution in [0.4, 0.5) is 0 Å². The van der Waals surface area contributed by atoms with E-state index in [1.165, 1.54) is 7.11 Å². The number of carbonyl (C=O) groups is 2. The number of benzene rings is 2. The lowest BCUT2D eigenvalue weighted by Crippen LogP contribution is -2.65. The topological polar surface area (TPSA) is 83.8 Å². The Bertz CT molecular complexity index is 857. The molecule has 1 aliphatic rings. The fourth-order valence-corrected chi connectivity index (χ4v) is 9.16.